The van der Waals surface area contributed by atoms with Crippen molar-refractivity contribution in [3.8, 4) is 0 Å². The molecule has 1 atom stereocenters. The van der Waals surface area contributed by atoms with Crippen LogP contribution in [-0.2, 0) is 4.84 Å². The van der Waals surface area contributed by atoms with Crippen LogP contribution in [0.4, 0.5) is 0 Å². The third-order valence-corrected chi connectivity index (χ3v) is 2.36. The maximum absolute atomic E-state index is 6.18. The highest BCUT2D eigenvalue weighted by Gasteiger charge is 2.05. The molecular weight excluding hydrogens is 198 g/mol. The fourth-order valence-electron chi connectivity index (χ4n) is 1.18. The van der Waals surface area contributed by atoms with Crippen LogP contribution in [0, 0.1) is 0 Å². The van der Waals surface area contributed by atoms with Gasteiger partial charge in [-0.15, -0.1) is 11.6 Å². The van der Waals surface area contributed by atoms with Crippen LogP contribution in [0.3, 0.4) is 0 Å². The van der Waals surface area contributed by atoms with Gasteiger partial charge in [-0.2, -0.15) is 0 Å². The van der Waals surface area contributed by atoms with E-state index in [1.54, 1.807) is 6.21 Å². The lowest BCUT2D eigenvalue weighted by atomic mass is 10.1. The van der Waals surface area contributed by atoms with Crippen molar-refractivity contribution in [2.45, 2.75) is 18.2 Å². The minimum absolute atomic E-state index is 0.0551. The van der Waals surface area contributed by atoms with Gasteiger partial charge in [-0.25, -0.2) is 0 Å². The summed E-state index contributed by atoms with van der Waals surface area (Å²) in [7, 11) is 1.53. The summed E-state index contributed by atoms with van der Waals surface area (Å²) in [6.45, 7) is 0. The van der Waals surface area contributed by atoms with Gasteiger partial charge in [0.05, 0.1) is 5.38 Å². The smallest absolute Gasteiger partial charge is 0.106 e. The van der Waals surface area contributed by atoms with Gasteiger partial charge in [-0.3, -0.25) is 0 Å². The summed E-state index contributed by atoms with van der Waals surface area (Å²) >= 11 is 6.18. The summed E-state index contributed by atoms with van der Waals surface area (Å²) in [6.07, 6.45) is 3.44. The Labute approximate surface area is 89.5 Å². The van der Waals surface area contributed by atoms with Gasteiger partial charge in [0.2, 0.25) is 0 Å². The Morgan fingerprint density at radius 2 is 2.14 bits per heavy atom. The molecule has 1 aromatic carbocycles. The Kier molecular flexibility index (Phi) is 5.08. The average Bonchev–Trinajstić information content (AvgIpc) is 2.25. The molecule has 1 aromatic rings. The van der Waals surface area contributed by atoms with Crippen LogP contribution in [-0.4, -0.2) is 13.3 Å². The van der Waals surface area contributed by atoms with Crippen molar-refractivity contribution >= 4 is 17.8 Å². The Morgan fingerprint density at radius 3 is 2.79 bits per heavy atom. The monoisotopic (exact) mass is 211 g/mol. The van der Waals surface area contributed by atoms with Crippen molar-refractivity contribution in [1.29, 1.82) is 0 Å². The van der Waals surface area contributed by atoms with Gasteiger partial charge in [0, 0.05) is 6.21 Å². The van der Waals surface area contributed by atoms with E-state index in [0.29, 0.717) is 0 Å². The first-order valence-electron chi connectivity index (χ1n) is 4.58. The number of hydrogen-bond donors (Lipinski definition) is 0. The molecule has 0 saturated heterocycles. The summed E-state index contributed by atoms with van der Waals surface area (Å²) in [4.78, 5) is 4.56. The molecule has 0 bridgehead atoms. The molecule has 0 aliphatic heterocycles. The van der Waals surface area contributed by atoms with Gasteiger partial charge in [0.1, 0.15) is 7.11 Å². The highest BCUT2D eigenvalue weighted by atomic mass is 35.5. The first-order valence-corrected chi connectivity index (χ1v) is 5.02. The number of benzene rings is 1. The van der Waals surface area contributed by atoms with Gasteiger partial charge in [-0.1, -0.05) is 35.5 Å². The van der Waals surface area contributed by atoms with Gasteiger partial charge in [0.25, 0.3) is 0 Å². The topological polar surface area (TPSA) is 21.6 Å². The summed E-state index contributed by atoms with van der Waals surface area (Å²) in [5.41, 5.74) is 1.15. The number of hydrogen-bond acceptors (Lipinski definition) is 2. The zero-order valence-corrected chi connectivity index (χ0v) is 8.95. The molecule has 0 heterocycles. The molecule has 2 nitrogen and oxygen atoms in total. The minimum Gasteiger partial charge on any atom is -0.399 e. The van der Waals surface area contributed by atoms with Crippen LogP contribution >= 0.6 is 11.6 Å². The summed E-state index contributed by atoms with van der Waals surface area (Å²) < 4.78 is 0. The van der Waals surface area contributed by atoms with Crippen molar-refractivity contribution in [3.05, 3.63) is 35.9 Å². The van der Waals surface area contributed by atoms with Gasteiger partial charge in [-0.05, 0) is 18.4 Å². The number of oxime groups is 1. The number of halogens is 1. The van der Waals surface area contributed by atoms with Gasteiger partial charge < -0.3 is 4.84 Å². The predicted molar refractivity (Wildman–Crippen MR) is 59.8 cm³/mol. The van der Waals surface area contributed by atoms with E-state index < -0.39 is 0 Å². The summed E-state index contributed by atoms with van der Waals surface area (Å²) in [5.74, 6) is 0. The van der Waals surface area contributed by atoms with Crippen LogP contribution in [0.25, 0.3) is 0 Å². The third kappa shape index (κ3) is 3.79. The van der Waals surface area contributed by atoms with E-state index in [1.807, 2.05) is 30.3 Å². The maximum Gasteiger partial charge on any atom is 0.106 e. The average molecular weight is 212 g/mol. The molecule has 0 N–H and O–H groups in total. The number of alkyl halides is 1. The quantitative estimate of drug-likeness (QED) is 0.416. The molecule has 0 spiro atoms. The van der Waals surface area contributed by atoms with Crippen LogP contribution in [0.1, 0.15) is 23.8 Å². The second-order valence-corrected chi connectivity index (χ2v) is 3.45. The molecule has 0 aromatic heterocycles. The van der Waals surface area contributed by atoms with Crippen molar-refractivity contribution in [1.82, 2.24) is 0 Å². The van der Waals surface area contributed by atoms with Gasteiger partial charge in [0.15, 0.2) is 0 Å². The fourth-order valence-corrected chi connectivity index (χ4v) is 1.45. The molecule has 0 saturated carbocycles. The Hall–Kier alpha value is -1.02. The van der Waals surface area contributed by atoms with Gasteiger partial charge >= 0.3 is 0 Å². The molecule has 3 heteroatoms. The van der Waals surface area contributed by atoms with Crippen LogP contribution in [0.5, 0.6) is 0 Å². The molecule has 1 unspecified atom stereocenters. The molecule has 0 amide bonds. The summed E-state index contributed by atoms with van der Waals surface area (Å²) in [5, 5.41) is 3.71. The second kappa shape index (κ2) is 6.44. The number of nitrogens with zero attached hydrogens (tertiary/aromatic N) is 1. The van der Waals surface area contributed by atoms with E-state index in [0.717, 1.165) is 18.4 Å². The Balaban J connectivity index is 2.36. The van der Waals surface area contributed by atoms with E-state index in [1.165, 1.54) is 7.11 Å². The van der Waals surface area contributed by atoms with Crippen molar-refractivity contribution in [3.63, 3.8) is 0 Å². The van der Waals surface area contributed by atoms with Crippen LogP contribution in [0.15, 0.2) is 35.5 Å². The molecular formula is C11H14ClNO. The highest BCUT2D eigenvalue weighted by molar-refractivity contribution is 6.20. The van der Waals surface area contributed by atoms with Crippen molar-refractivity contribution in [2.75, 3.05) is 7.11 Å². The lowest BCUT2D eigenvalue weighted by molar-refractivity contribution is 0.214. The Morgan fingerprint density at radius 1 is 1.43 bits per heavy atom. The van der Waals surface area contributed by atoms with E-state index in [9.17, 15) is 0 Å². The van der Waals surface area contributed by atoms with Crippen molar-refractivity contribution in [2.24, 2.45) is 5.16 Å². The Bertz CT molecular complexity index is 274. The van der Waals surface area contributed by atoms with E-state index in [2.05, 4.69) is 9.99 Å². The van der Waals surface area contributed by atoms with E-state index in [4.69, 9.17) is 11.6 Å². The van der Waals surface area contributed by atoms with E-state index >= 15 is 0 Å². The second-order valence-electron chi connectivity index (χ2n) is 2.93. The van der Waals surface area contributed by atoms with Crippen LogP contribution in [0.2, 0.25) is 0 Å². The largest absolute Gasteiger partial charge is 0.399 e. The fraction of sp³-hybridized carbons (Fsp3) is 0.364. The minimum atomic E-state index is 0.0551. The summed E-state index contributed by atoms with van der Waals surface area (Å²) in [6, 6.07) is 10.0. The normalized spacial score (nSPS) is 13.0. The molecule has 0 fully saturated rings. The standard InChI is InChI=1S/C11H14ClNO/c1-14-13-9-5-8-11(12)10-6-3-2-4-7-10/h2-4,6-7,9,11H,5,8H2,1H3/b13-9-. The van der Waals surface area contributed by atoms with Crippen LogP contribution < -0.4 is 0 Å². The molecule has 14 heavy (non-hydrogen) atoms. The first-order chi connectivity index (χ1) is 6.84. The molecule has 1 rings (SSSR count). The highest BCUT2D eigenvalue weighted by Crippen LogP contribution is 2.24. The zero-order valence-electron chi connectivity index (χ0n) is 8.19. The maximum atomic E-state index is 6.18. The molecule has 0 aliphatic rings. The molecule has 0 aliphatic carbocycles. The number of rotatable bonds is 5. The zero-order chi connectivity index (χ0) is 10.2. The van der Waals surface area contributed by atoms with E-state index in [-0.39, 0.29) is 5.38 Å². The molecule has 0 radical (unpaired) electrons. The lowest BCUT2D eigenvalue weighted by Crippen LogP contribution is -1.90. The first kappa shape index (κ1) is 11.1. The third-order valence-electron chi connectivity index (χ3n) is 1.89. The lowest BCUT2D eigenvalue weighted by Gasteiger charge is -2.06. The SMILES string of the molecule is CO/N=C\CCC(Cl)c1ccccc1. The van der Waals surface area contributed by atoms with Crippen molar-refractivity contribution < 1.29 is 4.84 Å². The predicted octanol–water partition coefficient (Wildman–Crippen LogP) is 3.38. The molecule has 76 valence electrons.